The molecule has 0 radical (unpaired) electrons. The number of aromatic nitrogens is 1. The number of fused-ring (bicyclic) bond motifs is 1. The summed E-state index contributed by atoms with van der Waals surface area (Å²) in [5.74, 6) is 2.75. The molecule has 1 amide bonds. The molecule has 3 aromatic rings. The van der Waals surface area contributed by atoms with Crippen molar-refractivity contribution < 1.29 is 19.0 Å². The molecule has 0 bridgehead atoms. The molecule has 2 N–H and O–H groups in total. The number of likely N-dealkylation sites (tertiary alicyclic amines) is 1. The molecule has 0 unspecified atom stereocenters. The van der Waals surface area contributed by atoms with Crippen LogP contribution in [0.15, 0.2) is 54.6 Å². The van der Waals surface area contributed by atoms with Crippen LogP contribution in [0.4, 0.5) is 11.4 Å². The van der Waals surface area contributed by atoms with Gasteiger partial charge in [0.15, 0.2) is 11.5 Å². The van der Waals surface area contributed by atoms with E-state index in [9.17, 15) is 4.79 Å². The molecule has 0 atom stereocenters. The molecule has 2 aliphatic rings. The number of carbonyl (C=O) groups excluding carboxylic acids is 1. The van der Waals surface area contributed by atoms with Crippen LogP contribution in [-0.2, 0) is 11.3 Å². The van der Waals surface area contributed by atoms with Gasteiger partial charge in [0.25, 0.3) is 0 Å². The highest BCUT2D eigenvalue weighted by atomic mass is 16.6. The number of methoxy groups -OCH3 is 1. The zero-order valence-corrected chi connectivity index (χ0v) is 21.5. The van der Waals surface area contributed by atoms with Crippen LogP contribution in [0.3, 0.4) is 0 Å². The second kappa shape index (κ2) is 11.5. The summed E-state index contributed by atoms with van der Waals surface area (Å²) < 4.78 is 17.2. The largest absolute Gasteiger partial charge is 0.486 e. The van der Waals surface area contributed by atoms with Crippen LogP contribution >= 0.6 is 0 Å². The number of rotatable bonds is 8. The number of nitrogens with zero attached hydrogens (tertiary/aromatic N) is 2. The summed E-state index contributed by atoms with van der Waals surface area (Å²) in [7, 11) is 1.62. The molecule has 1 saturated heterocycles. The number of anilines is 2. The average molecular weight is 503 g/mol. The number of pyridine rings is 1. The first-order valence-electron chi connectivity index (χ1n) is 12.9. The fraction of sp³-hybridized carbons (Fsp3) is 0.379. The molecular formula is C29H34N4O4. The molecule has 194 valence electrons. The topological polar surface area (TPSA) is 84.9 Å². The smallest absolute Gasteiger partial charge is 0.238 e. The van der Waals surface area contributed by atoms with Gasteiger partial charge in [0.1, 0.15) is 18.9 Å². The Morgan fingerprint density at radius 1 is 1.08 bits per heavy atom. The van der Waals surface area contributed by atoms with Gasteiger partial charge in [-0.2, -0.15) is 0 Å². The first kappa shape index (κ1) is 24.9. The average Bonchev–Trinajstić information content (AvgIpc) is 2.93. The minimum atomic E-state index is 0.180. The van der Waals surface area contributed by atoms with Crippen LogP contribution in [0.5, 0.6) is 17.4 Å². The fourth-order valence-electron chi connectivity index (χ4n) is 4.90. The summed E-state index contributed by atoms with van der Waals surface area (Å²) >= 11 is 0. The Morgan fingerprint density at radius 3 is 2.70 bits per heavy atom. The van der Waals surface area contributed by atoms with Crippen molar-refractivity contribution in [2.45, 2.75) is 26.3 Å². The van der Waals surface area contributed by atoms with Crippen molar-refractivity contribution in [1.82, 2.24) is 15.2 Å². The maximum absolute atomic E-state index is 11.5. The predicted octanol–water partition coefficient (Wildman–Crippen LogP) is 4.62. The maximum Gasteiger partial charge on any atom is 0.238 e. The van der Waals surface area contributed by atoms with Gasteiger partial charge in [-0.05, 0) is 67.3 Å². The van der Waals surface area contributed by atoms with Gasteiger partial charge in [-0.1, -0.05) is 18.2 Å². The molecule has 1 aromatic heterocycles. The highest BCUT2D eigenvalue weighted by Gasteiger charge is 2.21. The minimum absolute atomic E-state index is 0.180. The number of amides is 1. The molecule has 0 aliphatic carbocycles. The molecular weight excluding hydrogens is 468 g/mol. The lowest BCUT2D eigenvalue weighted by Gasteiger charge is -2.31. The quantitative estimate of drug-likeness (QED) is 0.465. The van der Waals surface area contributed by atoms with Crippen molar-refractivity contribution in [3.63, 3.8) is 0 Å². The highest BCUT2D eigenvalue weighted by molar-refractivity contribution is 5.75. The van der Waals surface area contributed by atoms with Gasteiger partial charge in [0.05, 0.1) is 12.8 Å². The Morgan fingerprint density at radius 2 is 1.89 bits per heavy atom. The van der Waals surface area contributed by atoms with Gasteiger partial charge in [-0.15, -0.1) is 0 Å². The zero-order valence-electron chi connectivity index (χ0n) is 21.5. The van der Waals surface area contributed by atoms with Crippen molar-refractivity contribution in [1.29, 1.82) is 0 Å². The number of para-hydroxylation sites is 1. The normalized spacial score (nSPS) is 15.4. The number of piperidine rings is 1. The van der Waals surface area contributed by atoms with E-state index in [0.717, 1.165) is 67.4 Å². The van der Waals surface area contributed by atoms with E-state index in [1.807, 2.05) is 47.4 Å². The van der Waals surface area contributed by atoms with Gasteiger partial charge in [0, 0.05) is 37.8 Å². The monoisotopic (exact) mass is 502 g/mol. The van der Waals surface area contributed by atoms with E-state index in [-0.39, 0.29) is 5.91 Å². The number of nitrogens with one attached hydrogen (secondary N) is 2. The number of carbonyl (C=O) groups is 1. The summed E-state index contributed by atoms with van der Waals surface area (Å²) in [5, 5.41) is 7.04. The van der Waals surface area contributed by atoms with E-state index in [4.69, 9.17) is 19.2 Å². The van der Waals surface area contributed by atoms with E-state index in [1.54, 1.807) is 14.0 Å². The lowest BCUT2D eigenvalue weighted by Crippen LogP contribution is -2.39. The van der Waals surface area contributed by atoms with Gasteiger partial charge in [0.2, 0.25) is 11.8 Å². The number of benzene rings is 2. The highest BCUT2D eigenvalue weighted by Crippen LogP contribution is 2.40. The molecule has 2 aromatic carbocycles. The first-order valence-corrected chi connectivity index (χ1v) is 12.9. The Balaban J connectivity index is 1.22. The second-order valence-electron chi connectivity index (χ2n) is 9.49. The predicted molar refractivity (Wildman–Crippen MR) is 144 cm³/mol. The Kier molecular flexibility index (Phi) is 7.75. The number of hydrogen-bond acceptors (Lipinski definition) is 7. The Bertz CT molecular complexity index is 1240. The van der Waals surface area contributed by atoms with Crippen molar-refractivity contribution in [3.05, 3.63) is 60.2 Å². The van der Waals surface area contributed by atoms with Crippen LogP contribution in [0.25, 0.3) is 11.3 Å². The van der Waals surface area contributed by atoms with Crippen molar-refractivity contribution >= 4 is 17.3 Å². The van der Waals surface area contributed by atoms with E-state index in [1.165, 1.54) is 5.56 Å². The molecule has 2 aliphatic heterocycles. The third-order valence-electron chi connectivity index (χ3n) is 6.92. The van der Waals surface area contributed by atoms with Crippen molar-refractivity contribution in [2.75, 3.05) is 45.3 Å². The van der Waals surface area contributed by atoms with Crippen LogP contribution in [0, 0.1) is 5.92 Å². The maximum atomic E-state index is 11.5. The number of hydrogen-bond donors (Lipinski definition) is 2. The molecule has 1 fully saturated rings. The summed E-state index contributed by atoms with van der Waals surface area (Å²) in [6.45, 7) is 6.20. The summed E-state index contributed by atoms with van der Waals surface area (Å²) in [6, 6.07) is 18.1. The third kappa shape index (κ3) is 5.97. The van der Waals surface area contributed by atoms with Gasteiger partial charge in [-0.25, -0.2) is 4.98 Å². The fourth-order valence-corrected chi connectivity index (χ4v) is 4.90. The van der Waals surface area contributed by atoms with Gasteiger partial charge < -0.3 is 29.7 Å². The number of ether oxygens (including phenoxy) is 3. The summed E-state index contributed by atoms with van der Waals surface area (Å²) in [5.41, 5.74) is 4.59. The minimum Gasteiger partial charge on any atom is -0.486 e. The van der Waals surface area contributed by atoms with Crippen LogP contribution < -0.4 is 24.8 Å². The molecule has 3 heterocycles. The lowest BCUT2D eigenvalue weighted by atomic mass is 9.96. The van der Waals surface area contributed by atoms with Crippen LogP contribution in [0.2, 0.25) is 0 Å². The van der Waals surface area contributed by atoms with Gasteiger partial charge in [-0.3, -0.25) is 4.79 Å². The van der Waals surface area contributed by atoms with Crippen LogP contribution in [0.1, 0.15) is 25.3 Å². The molecule has 37 heavy (non-hydrogen) atoms. The third-order valence-corrected chi connectivity index (χ3v) is 6.92. The SMILES string of the molecule is COc1nc(-c2cccc3c2OCCO3)ccc1Nc1cccc(CNCC2CCN(C(C)=O)CC2)c1. The van der Waals surface area contributed by atoms with Crippen LogP contribution in [-0.4, -0.2) is 55.7 Å². The summed E-state index contributed by atoms with van der Waals surface area (Å²) in [6.07, 6.45) is 2.11. The van der Waals surface area contributed by atoms with E-state index in [0.29, 0.717) is 30.8 Å². The Labute approximate surface area is 217 Å². The molecule has 0 spiro atoms. The molecule has 8 heteroatoms. The van der Waals surface area contributed by atoms with Crippen molar-refractivity contribution in [3.8, 4) is 28.6 Å². The van der Waals surface area contributed by atoms with Gasteiger partial charge >= 0.3 is 0 Å². The second-order valence-corrected chi connectivity index (χ2v) is 9.49. The molecule has 5 rings (SSSR count). The first-order chi connectivity index (χ1) is 18.1. The van der Waals surface area contributed by atoms with Crippen molar-refractivity contribution in [2.24, 2.45) is 5.92 Å². The van der Waals surface area contributed by atoms with E-state index < -0.39 is 0 Å². The van der Waals surface area contributed by atoms with E-state index >= 15 is 0 Å². The lowest BCUT2D eigenvalue weighted by molar-refractivity contribution is -0.130. The summed E-state index contributed by atoms with van der Waals surface area (Å²) in [4.78, 5) is 18.2. The Hall–Kier alpha value is -3.78. The van der Waals surface area contributed by atoms with E-state index in [2.05, 4.69) is 22.8 Å². The standard InChI is InChI=1S/C29H34N4O4/c1-20(34)33-13-11-21(12-14-33)18-30-19-22-5-3-6-23(17-22)31-26-10-9-25(32-29(26)35-2)24-7-4-8-27-28(24)37-16-15-36-27/h3-10,17,21,30-31H,11-16,18-19H2,1-2H3. The molecule has 0 saturated carbocycles. The zero-order chi connectivity index (χ0) is 25.6. The molecule has 8 nitrogen and oxygen atoms in total.